The van der Waals surface area contributed by atoms with Gasteiger partial charge in [0.1, 0.15) is 17.7 Å². The quantitative estimate of drug-likeness (QED) is 0.0441. The fourth-order valence-electron chi connectivity index (χ4n) is 13.9. The Bertz CT molecular complexity index is 1960. The Morgan fingerprint density at radius 1 is 0.800 bits per heavy atom. The highest BCUT2D eigenvalue weighted by atomic mass is 28.4. The highest BCUT2D eigenvalue weighted by molar-refractivity contribution is 6.74. The smallest absolute Gasteiger partial charge is 0.411 e. The molecule has 2 N–H and O–H groups in total. The molecule has 0 unspecified atom stereocenters. The Morgan fingerprint density at radius 3 is 1.87 bits per heavy atom. The third-order valence-corrected chi connectivity index (χ3v) is 23.1. The average Bonchev–Trinajstić information content (AvgIpc) is 3.87. The van der Waals surface area contributed by atoms with Crippen molar-refractivity contribution >= 4 is 20.4 Å². The van der Waals surface area contributed by atoms with Crippen molar-refractivity contribution in [3.63, 3.8) is 0 Å². The number of alkyl halides is 5. The van der Waals surface area contributed by atoms with Gasteiger partial charge in [-0.25, -0.2) is 0 Å². The normalized spacial score (nSPS) is 30.5. The number of hydrogen-bond acceptors (Lipinski definition) is 7. The summed E-state index contributed by atoms with van der Waals surface area (Å²) in [4.78, 5) is 23.8. The van der Waals surface area contributed by atoms with Crippen LogP contribution in [0.4, 0.5) is 22.0 Å². The summed E-state index contributed by atoms with van der Waals surface area (Å²) in [6.07, 6.45) is 15.7. The van der Waals surface area contributed by atoms with Crippen molar-refractivity contribution in [1.29, 1.82) is 0 Å². The molecule has 4 saturated carbocycles. The van der Waals surface area contributed by atoms with E-state index >= 15 is 8.78 Å². The number of benzene rings is 1. The summed E-state index contributed by atoms with van der Waals surface area (Å²) in [5.41, 5.74) is -3.04. The van der Waals surface area contributed by atoms with Crippen molar-refractivity contribution in [2.24, 2.45) is 28.1 Å². The van der Waals surface area contributed by atoms with Gasteiger partial charge in [-0.1, -0.05) is 155 Å². The summed E-state index contributed by atoms with van der Waals surface area (Å²) in [7, 11) is -2.18. The lowest BCUT2D eigenvalue weighted by Crippen LogP contribution is -2.65. The molecule has 398 valence electrons. The number of aldehydes is 1. The van der Waals surface area contributed by atoms with Crippen LogP contribution in [0.15, 0.2) is 35.4 Å². The first kappa shape index (κ1) is 57.2. The second-order valence-electron chi connectivity index (χ2n) is 25.3. The fourth-order valence-corrected chi connectivity index (χ4v) is 14.9. The van der Waals surface area contributed by atoms with Gasteiger partial charge >= 0.3 is 12.1 Å². The molecule has 1 aromatic carbocycles. The van der Waals surface area contributed by atoms with E-state index in [-0.39, 0.29) is 54.9 Å². The number of fused-ring (bicyclic) bond motifs is 4. The largest absolute Gasteiger partial charge is 0.456 e. The lowest BCUT2D eigenvalue weighted by atomic mass is 9.49. The van der Waals surface area contributed by atoms with Gasteiger partial charge in [0.25, 0.3) is 0 Å². The van der Waals surface area contributed by atoms with Gasteiger partial charge in [0.05, 0.1) is 25.4 Å². The molecular formula is C57H89F5O7Si. The number of carbonyl (C=O) groups excluding carboxylic acids is 2. The van der Waals surface area contributed by atoms with E-state index in [1.54, 1.807) is 0 Å². The summed E-state index contributed by atoms with van der Waals surface area (Å²) in [6.45, 7) is 19.8. The van der Waals surface area contributed by atoms with Crippen molar-refractivity contribution in [1.82, 2.24) is 0 Å². The van der Waals surface area contributed by atoms with Crippen LogP contribution in [0.25, 0.3) is 0 Å². The summed E-state index contributed by atoms with van der Waals surface area (Å²) in [5.74, 6) is -8.24. The van der Waals surface area contributed by atoms with Gasteiger partial charge in [0.2, 0.25) is 5.79 Å². The molecule has 0 bridgehead atoms. The maximum atomic E-state index is 15.4. The number of rotatable bonds is 20. The maximum Gasteiger partial charge on any atom is 0.456 e. The summed E-state index contributed by atoms with van der Waals surface area (Å²) in [5, 5.41) is 23.3. The van der Waals surface area contributed by atoms with Crippen LogP contribution >= 0.6 is 0 Å². The molecule has 0 radical (unpaired) electrons. The molecule has 7 nitrogen and oxygen atoms in total. The maximum absolute atomic E-state index is 15.4. The molecule has 5 fully saturated rings. The minimum atomic E-state index is -5.92. The van der Waals surface area contributed by atoms with Crippen LogP contribution in [0, 0.1) is 28.1 Å². The molecule has 6 aliphatic rings. The van der Waals surface area contributed by atoms with E-state index in [1.165, 1.54) is 90.3 Å². The Morgan fingerprint density at radius 2 is 1.36 bits per heavy atom. The third-order valence-electron chi connectivity index (χ3n) is 18.6. The minimum absolute atomic E-state index is 0.00849. The molecule has 5 aliphatic carbocycles. The molecule has 6 atom stereocenters. The number of ether oxygens (including phenoxy) is 2. The number of allylic oxidation sites excluding steroid dienone is 1. The molecule has 0 aromatic heterocycles. The number of unbranched alkanes of at least 4 members (excludes halogenated alkanes) is 11. The van der Waals surface area contributed by atoms with E-state index < -0.39 is 67.0 Å². The topological polar surface area (TPSA) is 102 Å². The third kappa shape index (κ3) is 11.6. The number of Topliss-reactive ketones (excluding diaryl/α,β-unsaturated/α-hetero) is 1. The van der Waals surface area contributed by atoms with Gasteiger partial charge in [-0.3, -0.25) is 4.79 Å². The highest BCUT2D eigenvalue weighted by Crippen LogP contribution is 2.71. The Hall–Kier alpha value is -2.03. The molecule has 1 saturated heterocycles. The van der Waals surface area contributed by atoms with Crippen LogP contribution < -0.4 is 0 Å². The van der Waals surface area contributed by atoms with Crippen LogP contribution in [0.5, 0.6) is 0 Å². The average molecular weight is 1010 g/mol. The second-order valence-corrected chi connectivity index (χ2v) is 30.1. The Balaban J connectivity index is 0.000000307. The molecular weight excluding hydrogens is 920 g/mol. The Labute approximate surface area is 418 Å². The molecule has 7 rings (SSSR count). The summed E-state index contributed by atoms with van der Waals surface area (Å²) < 4.78 is 91.3. The molecule has 1 aliphatic heterocycles. The number of ketones is 1. The number of halogens is 5. The Kier molecular flexibility index (Phi) is 17.7. The van der Waals surface area contributed by atoms with E-state index in [0.717, 1.165) is 24.8 Å². The number of hydrogen-bond donors (Lipinski definition) is 2. The number of carbonyl (C=O) groups is 2. The fraction of sp³-hybridized carbons (Fsp3) is 0.825. The van der Waals surface area contributed by atoms with Crippen molar-refractivity contribution in [3.8, 4) is 0 Å². The number of aliphatic hydroxyl groups is 2. The molecule has 0 amide bonds. The zero-order valence-electron chi connectivity index (χ0n) is 44.3. The van der Waals surface area contributed by atoms with Gasteiger partial charge in [-0.2, -0.15) is 22.0 Å². The predicted octanol–water partition coefficient (Wildman–Crippen LogP) is 15.0. The van der Waals surface area contributed by atoms with Crippen molar-refractivity contribution in [2.75, 3.05) is 19.8 Å². The molecule has 13 heteroatoms. The highest BCUT2D eigenvalue weighted by Gasteiger charge is 2.79. The predicted molar refractivity (Wildman–Crippen MR) is 268 cm³/mol. The summed E-state index contributed by atoms with van der Waals surface area (Å²) >= 11 is 0. The zero-order chi connectivity index (χ0) is 51.7. The van der Waals surface area contributed by atoms with E-state index in [1.807, 2.05) is 24.3 Å². The van der Waals surface area contributed by atoms with Gasteiger partial charge in [0, 0.05) is 35.2 Å². The van der Waals surface area contributed by atoms with E-state index in [4.69, 9.17) is 13.9 Å². The first-order valence-electron chi connectivity index (χ1n) is 27.2. The van der Waals surface area contributed by atoms with Crippen LogP contribution in [-0.4, -0.2) is 73.7 Å². The monoisotopic (exact) mass is 1010 g/mol. The van der Waals surface area contributed by atoms with Crippen LogP contribution in [0.2, 0.25) is 18.1 Å². The van der Waals surface area contributed by atoms with Crippen LogP contribution in [0.1, 0.15) is 213 Å². The zero-order valence-corrected chi connectivity index (χ0v) is 45.3. The van der Waals surface area contributed by atoms with Gasteiger partial charge in [-0.15, -0.1) is 0 Å². The van der Waals surface area contributed by atoms with Crippen LogP contribution in [-0.2, 0) is 29.3 Å². The molecule has 1 heterocycles. The second kappa shape index (κ2) is 21.7. The van der Waals surface area contributed by atoms with E-state index in [2.05, 4.69) is 54.6 Å². The first-order chi connectivity index (χ1) is 32.6. The minimum Gasteiger partial charge on any atom is -0.411 e. The lowest BCUT2D eigenvalue weighted by Gasteiger charge is -2.57. The van der Waals surface area contributed by atoms with Gasteiger partial charge < -0.3 is 28.9 Å². The van der Waals surface area contributed by atoms with Crippen LogP contribution in [0.3, 0.4) is 0 Å². The standard InChI is InChI=1S/C36H49F5O6Si.C21H40O/c1-30(2,3)48(5,6)47-21-33(45-17-18-46-33)23-9-7-22(8-10-23)26-20-31(4)27(14-16-34(31,44)35(37,38)36(39,40)41)25-13-15-32(43)19-24(42)11-12-28(32)29(25)26;1-4-5-6-7-8-9-10-11-12-13-14-15-16-21(19-22)17-20(2,3)18-21/h7-10,25-27,43-44H,11-21H2,1-6H3;19H,4-18H2,1-3H3/t25-,26+,27-,31-,32+,34-;/m0./s1. The van der Waals surface area contributed by atoms with Crippen molar-refractivity contribution < 1.29 is 55.7 Å². The summed E-state index contributed by atoms with van der Waals surface area (Å²) in [6, 6.07) is 7.31. The SMILES string of the molecule is CC(C)(C)[Si](C)(C)OCC1(c2ccc([C@H]3C[C@@]4(C)[C@@H](CC[C@@]4(O)C(F)(F)C(F)(F)F)[C@@H]4CC[C@@]5(O)CC(=O)CCC5=C43)cc2)OCCO1.CCCCCCCCCCCCCCC1(C=O)CC(C)(C)C1. The molecule has 0 spiro atoms. The van der Waals surface area contributed by atoms with E-state index in [0.29, 0.717) is 48.2 Å². The van der Waals surface area contributed by atoms with Gasteiger partial charge in [-0.05, 0) is 104 Å². The van der Waals surface area contributed by atoms with Gasteiger partial charge in [0.15, 0.2) is 8.32 Å². The van der Waals surface area contributed by atoms with E-state index in [9.17, 15) is 33.0 Å². The lowest BCUT2D eigenvalue weighted by molar-refractivity contribution is -0.362. The van der Waals surface area contributed by atoms with Crippen molar-refractivity contribution in [3.05, 3.63) is 46.5 Å². The molecule has 1 aromatic rings. The first-order valence-corrected chi connectivity index (χ1v) is 30.1. The molecule has 70 heavy (non-hydrogen) atoms. The van der Waals surface area contributed by atoms with Crippen molar-refractivity contribution in [2.45, 2.75) is 249 Å².